The van der Waals surface area contributed by atoms with Crippen molar-refractivity contribution in [1.29, 1.82) is 0 Å². The van der Waals surface area contributed by atoms with Crippen LogP contribution in [0.3, 0.4) is 0 Å². The second-order valence-corrected chi connectivity index (χ2v) is 4.71. The van der Waals surface area contributed by atoms with Gasteiger partial charge in [-0.25, -0.2) is 0 Å². The fraction of sp³-hybridized carbons (Fsp3) is 0.909. The molecule has 1 rings (SSSR count). The first-order valence-corrected chi connectivity index (χ1v) is 5.59. The zero-order valence-electron chi connectivity index (χ0n) is 9.51. The largest absolute Gasteiger partial charge is 0.461 e. The summed E-state index contributed by atoms with van der Waals surface area (Å²) in [6.07, 6.45) is 3.01. The molecule has 82 valence electrons. The molecule has 1 aliphatic rings. The first-order chi connectivity index (χ1) is 6.56. The summed E-state index contributed by atoms with van der Waals surface area (Å²) in [7, 11) is 0. The van der Waals surface area contributed by atoms with E-state index in [2.05, 4.69) is 5.32 Å². The van der Waals surface area contributed by atoms with Crippen molar-refractivity contribution in [3.05, 3.63) is 0 Å². The van der Waals surface area contributed by atoms with Gasteiger partial charge in [0.1, 0.15) is 6.10 Å². The van der Waals surface area contributed by atoms with Crippen molar-refractivity contribution in [3.63, 3.8) is 0 Å². The number of carbonyl (C=O) groups excluding carboxylic acids is 1. The van der Waals surface area contributed by atoms with Gasteiger partial charge in [0.2, 0.25) is 0 Å². The monoisotopic (exact) mass is 200 g/mol. The third-order valence-electron chi connectivity index (χ3n) is 3.10. The summed E-state index contributed by atoms with van der Waals surface area (Å²) in [4.78, 5) is 11.7. The zero-order valence-corrected chi connectivity index (χ0v) is 9.51. The van der Waals surface area contributed by atoms with Gasteiger partial charge in [0.25, 0.3) is 0 Å². The standard InChI is InChI=1S/C11H21NO2/c1-4-11(2,3)10(13)14-9-5-7-12-8-6-9/h9,12H,4-8H2,1-3H3/p+1. The number of esters is 1. The maximum Gasteiger partial charge on any atom is 0.311 e. The number of quaternary nitrogens is 1. The van der Waals surface area contributed by atoms with Crippen LogP contribution in [0.2, 0.25) is 0 Å². The Morgan fingerprint density at radius 2 is 2.00 bits per heavy atom. The molecule has 0 amide bonds. The number of nitrogens with two attached hydrogens (primary N) is 1. The lowest BCUT2D eigenvalue weighted by Gasteiger charge is -2.26. The first kappa shape index (κ1) is 11.5. The molecule has 0 spiro atoms. The number of piperidine rings is 1. The van der Waals surface area contributed by atoms with Gasteiger partial charge in [-0.05, 0) is 20.3 Å². The molecule has 0 saturated carbocycles. The predicted octanol–water partition coefficient (Wildman–Crippen LogP) is 0.692. The Kier molecular flexibility index (Phi) is 3.93. The van der Waals surface area contributed by atoms with E-state index >= 15 is 0 Å². The van der Waals surface area contributed by atoms with E-state index in [1.165, 1.54) is 0 Å². The van der Waals surface area contributed by atoms with Crippen LogP contribution in [0, 0.1) is 5.41 Å². The molecule has 0 aromatic rings. The van der Waals surface area contributed by atoms with Crippen molar-refractivity contribution in [2.45, 2.75) is 46.1 Å². The van der Waals surface area contributed by atoms with Crippen LogP contribution in [0.1, 0.15) is 40.0 Å². The molecule has 1 saturated heterocycles. The lowest BCUT2D eigenvalue weighted by atomic mass is 9.90. The van der Waals surface area contributed by atoms with Crippen molar-refractivity contribution >= 4 is 5.97 Å². The number of hydrogen-bond donors (Lipinski definition) is 1. The molecule has 0 aliphatic carbocycles. The lowest BCUT2D eigenvalue weighted by molar-refractivity contribution is -0.664. The van der Waals surface area contributed by atoms with E-state index in [1.54, 1.807) is 0 Å². The summed E-state index contributed by atoms with van der Waals surface area (Å²) < 4.78 is 5.49. The van der Waals surface area contributed by atoms with Crippen LogP contribution >= 0.6 is 0 Å². The summed E-state index contributed by atoms with van der Waals surface area (Å²) in [6, 6.07) is 0. The van der Waals surface area contributed by atoms with Gasteiger partial charge in [-0.2, -0.15) is 0 Å². The van der Waals surface area contributed by atoms with Crippen molar-refractivity contribution in [1.82, 2.24) is 0 Å². The Bertz CT molecular complexity index is 195. The summed E-state index contributed by atoms with van der Waals surface area (Å²) in [5.74, 6) is -0.0353. The topological polar surface area (TPSA) is 42.9 Å². The second kappa shape index (κ2) is 4.78. The van der Waals surface area contributed by atoms with Crippen LogP contribution in [-0.4, -0.2) is 25.2 Å². The maximum atomic E-state index is 11.7. The molecule has 0 unspecified atom stereocenters. The van der Waals surface area contributed by atoms with Crippen LogP contribution in [0.25, 0.3) is 0 Å². The highest BCUT2D eigenvalue weighted by molar-refractivity contribution is 5.75. The predicted molar refractivity (Wildman–Crippen MR) is 54.8 cm³/mol. The van der Waals surface area contributed by atoms with Gasteiger partial charge in [-0.15, -0.1) is 0 Å². The van der Waals surface area contributed by atoms with E-state index in [1.807, 2.05) is 20.8 Å². The Hall–Kier alpha value is -0.570. The highest BCUT2D eigenvalue weighted by Gasteiger charge is 2.30. The Morgan fingerprint density at radius 3 is 2.50 bits per heavy atom. The summed E-state index contributed by atoms with van der Waals surface area (Å²) in [5.41, 5.74) is -0.318. The minimum Gasteiger partial charge on any atom is -0.461 e. The summed E-state index contributed by atoms with van der Waals surface area (Å²) in [6.45, 7) is 8.10. The van der Waals surface area contributed by atoms with E-state index in [0.29, 0.717) is 0 Å². The van der Waals surface area contributed by atoms with Gasteiger partial charge in [-0.3, -0.25) is 4.79 Å². The molecule has 0 aromatic heterocycles. The van der Waals surface area contributed by atoms with Crippen molar-refractivity contribution < 1.29 is 14.8 Å². The zero-order chi connectivity index (χ0) is 10.6. The minimum atomic E-state index is -0.318. The van der Waals surface area contributed by atoms with Gasteiger partial charge in [0.05, 0.1) is 18.5 Å². The van der Waals surface area contributed by atoms with Crippen molar-refractivity contribution in [2.24, 2.45) is 5.41 Å². The van der Waals surface area contributed by atoms with E-state index in [9.17, 15) is 4.79 Å². The van der Waals surface area contributed by atoms with Crippen molar-refractivity contribution in [2.75, 3.05) is 13.1 Å². The number of carbonyl (C=O) groups is 1. The quantitative estimate of drug-likeness (QED) is 0.681. The van der Waals surface area contributed by atoms with Gasteiger partial charge in [0, 0.05) is 12.8 Å². The van der Waals surface area contributed by atoms with Gasteiger partial charge >= 0.3 is 5.97 Å². The molecule has 3 nitrogen and oxygen atoms in total. The molecule has 0 atom stereocenters. The molecule has 3 heteroatoms. The maximum absolute atomic E-state index is 11.7. The molecule has 1 heterocycles. The van der Waals surface area contributed by atoms with Crippen LogP contribution in [0.4, 0.5) is 0 Å². The third-order valence-corrected chi connectivity index (χ3v) is 3.10. The number of hydrogen-bond acceptors (Lipinski definition) is 2. The molecule has 0 bridgehead atoms. The van der Waals surface area contributed by atoms with E-state index in [-0.39, 0.29) is 17.5 Å². The first-order valence-electron chi connectivity index (χ1n) is 5.59. The van der Waals surface area contributed by atoms with Crippen LogP contribution < -0.4 is 5.32 Å². The summed E-state index contributed by atoms with van der Waals surface area (Å²) in [5, 5.41) is 2.27. The average Bonchev–Trinajstić information content (AvgIpc) is 2.19. The minimum absolute atomic E-state index is 0.0353. The summed E-state index contributed by atoms with van der Waals surface area (Å²) >= 11 is 0. The van der Waals surface area contributed by atoms with Gasteiger partial charge in [-0.1, -0.05) is 6.92 Å². The van der Waals surface area contributed by atoms with E-state index in [0.717, 1.165) is 32.4 Å². The fourth-order valence-electron chi connectivity index (χ4n) is 1.47. The number of ether oxygens (including phenoxy) is 1. The number of rotatable bonds is 3. The smallest absolute Gasteiger partial charge is 0.311 e. The molecule has 1 aliphatic heterocycles. The Labute approximate surface area is 86.2 Å². The molecular weight excluding hydrogens is 178 g/mol. The van der Waals surface area contributed by atoms with Crippen LogP contribution in [-0.2, 0) is 9.53 Å². The lowest BCUT2D eigenvalue weighted by Crippen LogP contribution is -2.86. The molecule has 0 radical (unpaired) electrons. The molecular formula is C11H22NO2+. The molecule has 14 heavy (non-hydrogen) atoms. The highest BCUT2D eigenvalue weighted by Crippen LogP contribution is 2.23. The average molecular weight is 200 g/mol. The molecule has 2 N–H and O–H groups in total. The normalized spacial score (nSPS) is 19.4. The molecule has 1 fully saturated rings. The Morgan fingerprint density at radius 1 is 1.43 bits per heavy atom. The fourth-order valence-corrected chi connectivity index (χ4v) is 1.47. The van der Waals surface area contributed by atoms with E-state index < -0.39 is 0 Å². The SMILES string of the molecule is CCC(C)(C)C(=O)OC1CC[NH2+]CC1. The third kappa shape index (κ3) is 2.98. The second-order valence-electron chi connectivity index (χ2n) is 4.71. The highest BCUT2D eigenvalue weighted by atomic mass is 16.5. The van der Waals surface area contributed by atoms with Crippen LogP contribution in [0.15, 0.2) is 0 Å². The van der Waals surface area contributed by atoms with Crippen molar-refractivity contribution in [3.8, 4) is 0 Å². The van der Waals surface area contributed by atoms with Gasteiger partial charge < -0.3 is 10.1 Å². The van der Waals surface area contributed by atoms with Gasteiger partial charge in [0.15, 0.2) is 0 Å². The van der Waals surface area contributed by atoms with E-state index in [4.69, 9.17) is 4.74 Å². The van der Waals surface area contributed by atoms with Crippen LogP contribution in [0.5, 0.6) is 0 Å². The molecule has 0 aromatic carbocycles. The Balaban J connectivity index is 2.39.